The van der Waals surface area contributed by atoms with Crippen molar-refractivity contribution in [2.75, 3.05) is 31.6 Å². The highest BCUT2D eigenvalue weighted by Gasteiger charge is 2.66. The average Bonchev–Trinajstić information content (AvgIpc) is 3.42. The minimum Gasteiger partial charge on any atom is -0.480 e. The van der Waals surface area contributed by atoms with Crippen LogP contribution in [0.5, 0.6) is 5.88 Å². The molecule has 1 saturated carbocycles. The summed E-state index contributed by atoms with van der Waals surface area (Å²) >= 11 is 6.74. The number of methoxy groups -OCH3 is 1. The molecule has 2 fully saturated rings. The molecule has 192 valence electrons. The molecule has 5 aromatic rings. The molecule has 2 aromatic carbocycles. The number of benzene rings is 2. The summed E-state index contributed by atoms with van der Waals surface area (Å²) in [5.41, 5.74) is 10.3. The molecule has 0 radical (unpaired) electrons. The van der Waals surface area contributed by atoms with E-state index in [2.05, 4.69) is 25.1 Å². The molecule has 3 aromatic heterocycles. The van der Waals surface area contributed by atoms with Gasteiger partial charge < -0.3 is 15.4 Å². The van der Waals surface area contributed by atoms with Gasteiger partial charge in [-0.05, 0) is 42.0 Å². The first kappa shape index (κ1) is 23.2. The molecule has 0 bridgehead atoms. The maximum atomic E-state index is 14.7. The molecule has 2 aliphatic rings. The minimum absolute atomic E-state index is 0.180. The Morgan fingerprint density at radius 3 is 2.82 bits per heavy atom. The molecule has 38 heavy (non-hydrogen) atoms. The number of fused-ring (bicyclic) bond motifs is 3. The van der Waals surface area contributed by atoms with Crippen LogP contribution in [-0.4, -0.2) is 56.9 Å². The Labute approximate surface area is 222 Å². The fraction of sp³-hybridized carbons (Fsp3) is 0.296. The molecule has 3 atom stereocenters. The van der Waals surface area contributed by atoms with Crippen molar-refractivity contribution in [2.45, 2.75) is 11.8 Å². The summed E-state index contributed by atoms with van der Waals surface area (Å²) in [4.78, 5) is 20.5. The number of aromatic nitrogens is 6. The van der Waals surface area contributed by atoms with E-state index in [1.165, 1.54) is 13.2 Å². The molecule has 9 nitrogen and oxygen atoms in total. The van der Waals surface area contributed by atoms with Crippen LogP contribution in [0.2, 0.25) is 5.02 Å². The molecule has 1 saturated heterocycles. The summed E-state index contributed by atoms with van der Waals surface area (Å²) in [5.74, 6) is 1.57. The third-order valence-corrected chi connectivity index (χ3v) is 8.61. The third-order valence-electron chi connectivity index (χ3n) is 8.23. The number of ether oxygens (including phenoxy) is 1. The predicted octanol–water partition coefficient (Wildman–Crippen LogP) is 4.12. The van der Waals surface area contributed by atoms with Gasteiger partial charge in [-0.25, -0.2) is 24.3 Å². The minimum atomic E-state index is -0.324. The van der Waals surface area contributed by atoms with Crippen molar-refractivity contribution in [1.82, 2.24) is 30.1 Å². The van der Waals surface area contributed by atoms with Crippen molar-refractivity contribution in [1.29, 1.82) is 0 Å². The monoisotopic (exact) mass is 530 g/mol. The summed E-state index contributed by atoms with van der Waals surface area (Å²) in [6.07, 6.45) is 4.23. The van der Waals surface area contributed by atoms with Crippen LogP contribution < -0.4 is 15.4 Å². The molecule has 11 heteroatoms. The number of hydrogen-bond acceptors (Lipinski definition) is 8. The van der Waals surface area contributed by atoms with Gasteiger partial charge in [-0.1, -0.05) is 29.8 Å². The van der Waals surface area contributed by atoms with E-state index in [9.17, 15) is 4.39 Å². The number of halogens is 2. The van der Waals surface area contributed by atoms with Gasteiger partial charge in [0.15, 0.2) is 0 Å². The Morgan fingerprint density at radius 1 is 1.13 bits per heavy atom. The molecule has 3 N–H and O–H groups in total. The molecule has 0 unspecified atom stereocenters. The summed E-state index contributed by atoms with van der Waals surface area (Å²) in [6.45, 7) is 1.96. The normalized spacial score (nSPS) is 22.6. The lowest BCUT2D eigenvalue weighted by molar-refractivity contribution is 0.397. The van der Waals surface area contributed by atoms with Crippen LogP contribution in [0.4, 0.5) is 10.2 Å². The first-order valence-corrected chi connectivity index (χ1v) is 12.8. The summed E-state index contributed by atoms with van der Waals surface area (Å²) in [6, 6.07) is 10.7. The number of nitrogens with zero attached hydrogens (tertiary/aromatic N) is 6. The van der Waals surface area contributed by atoms with E-state index in [0.717, 1.165) is 30.9 Å². The summed E-state index contributed by atoms with van der Waals surface area (Å²) in [5, 5.41) is 7.89. The number of anilines is 1. The smallest absolute Gasteiger partial charge is 0.232 e. The second-order valence-corrected chi connectivity index (χ2v) is 10.3. The van der Waals surface area contributed by atoms with Crippen LogP contribution in [-0.2, 0) is 5.41 Å². The summed E-state index contributed by atoms with van der Waals surface area (Å²) < 4.78 is 19.9. The van der Waals surface area contributed by atoms with Gasteiger partial charge in [-0.2, -0.15) is 5.10 Å². The van der Waals surface area contributed by atoms with Crippen molar-refractivity contribution in [3.63, 3.8) is 0 Å². The fourth-order valence-corrected chi connectivity index (χ4v) is 6.58. The number of nitrogens with two attached hydrogens (primary N) is 1. The quantitative estimate of drug-likeness (QED) is 0.348. The van der Waals surface area contributed by atoms with E-state index in [4.69, 9.17) is 32.0 Å². The van der Waals surface area contributed by atoms with E-state index < -0.39 is 0 Å². The first-order chi connectivity index (χ1) is 18.5. The number of piperidine rings is 1. The van der Waals surface area contributed by atoms with Crippen LogP contribution >= 0.6 is 11.6 Å². The maximum Gasteiger partial charge on any atom is 0.232 e. The lowest BCUT2D eigenvalue weighted by atomic mass is 9.91. The Balaban J connectivity index is 1.20. The predicted molar refractivity (Wildman–Crippen MR) is 143 cm³/mol. The van der Waals surface area contributed by atoms with Gasteiger partial charge in [0.05, 0.1) is 35.7 Å². The SMILES string of the molecule is COc1cnc2ccc(-c3[nH]nc4nc(N5CC[C@@H]6[C@H](C5)[C@@]6(CN)c5ccccc5F)cnc34)c(Cl)c2n1. The molecule has 0 amide bonds. The van der Waals surface area contributed by atoms with Gasteiger partial charge in [0.2, 0.25) is 11.5 Å². The van der Waals surface area contributed by atoms with E-state index in [1.54, 1.807) is 18.5 Å². The zero-order chi connectivity index (χ0) is 26.0. The molecular weight excluding hydrogens is 507 g/mol. The van der Waals surface area contributed by atoms with Gasteiger partial charge in [-0.15, -0.1) is 0 Å². The second-order valence-electron chi connectivity index (χ2n) is 9.88. The largest absolute Gasteiger partial charge is 0.480 e. The van der Waals surface area contributed by atoms with Gasteiger partial charge in [-0.3, -0.25) is 5.10 Å². The standard InChI is InChI=1S/C27H24ClFN8O/c1-38-21-11-31-19-7-6-14(22(28)24(19)34-21)23-25-26(36-35-23)33-20(10-32-25)37-9-8-15-17(12-37)27(15,13-30)16-4-2-3-5-18(16)29/h2-7,10-11,15,17H,8-9,12-13,30H2,1H3,(H,33,35,36)/t15-,17+,27-/m1/s1. The maximum absolute atomic E-state index is 14.7. The van der Waals surface area contributed by atoms with Crippen molar-refractivity contribution in [2.24, 2.45) is 17.6 Å². The summed E-state index contributed by atoms with van der Waals surface area (Å²) in [7, 11) is 1.53. The van der Waals surface area contributed by atoms with E-state index in [0.29, 0.717) is 56.8 Å². The second kappa shape index (κ2) is 8.57. The lowest BCUT2D eigenvalue weighted by Gasteiger charge is -2.26. The number of aromatic amines is 1. The fourth-order valence-electron chi connectivity index (χ4n) is 6.28. The van der Waals surface area contributed by atoms with Crippen LogP contribution in [0, 0.1) is 17.7 Å². The first-order valence-electron chi connectivity index (χ1n) is 12.5. The molecular formula is C27H24ClFN8O. The number of rotatable bonds is 5. The van der Waals surface area contributed by atoms with E-state index >= 15 is 0 Å². The lowest BCUT2D eigenvalue weighted by Crippen LogP contribution is -2.32. The Bertz CT molecular complexity index is 1710. The number of H-pyrrole nitrogens is 1. The van der Waals surface area contributed by atoms with Crippen molar-refractivity contribution >= 4 is 39.6 Å². The van der Waals surface area contributed by atoms with Crippen molar-refractivity contribution in [3.8, 4) is 17.1 Å². The number of hydrogen-bond donors (Lipinski definition) is 2. The molecule has 7 rings (SSSR count). The zero-order valence-electron chi connectivity index (χ0n) is 20.5. The van der Waals surface area contributed by atoms with Crippen LogP contribution in [0.25, 0.3) is 33.5 Å². The highest BCUT2D eigenvalue weighted by Crippen LogP contribution is 2.63. The average molecular weight is 531 g/mol. The Morgan fingerprint density at radius 2 is 2.00 bits per heavy atom. The highest BCUT2D eigenvalue weighted by molar-refractivity contribution is 6.38. The van der Waals surface area contributed by atoms with Gasteiger partial charge in [0.1, 0.15) is 22.7 Å². The Kier molecular flexibility index (Phi) is 5.24. The molecule has 4 heterocycles. The van der Waals surface area contributed by atoms with Gasteiger partial charge in [0, 0.05) is 30.6 Å². The third kappa shape index (κ3) is 3.30. The Hall–Kier alpha value is -3.89. The van der Waals surface area contributed by atoms with E-state index in [-0.39, 0.29) is 17.2 Å². The van der Waals surface area contributed by atoms with Crippen LogP contribution in [0.15, 0.2) is 48.8 Å². The molecule has 1 aliphatic heterocycles. The van der Waals surface area contributed by atoms with Crippen LogP contribution in [0.3, 0.4) is 0 Å². The van der Waals surface area contributed by atoms with Gasteiger partial charge in [0.25, 0.3) is 0 Å². The molecule has 1 aliphatic carbocycles. The highest BCUT2D eigenvalue weighted by atomic mass is 35.5. The molecule has 0 spiro atoms. The number of nitrogens with one attached hydrogen (secondary N) is 1. The van der Waals surface area contributed by atoms with E-state index in [1.807, 2.05) is 24.3 Å². The topological polar surface area (TPSA) is 119 Å². The van der Waals surface area contributed by atoms with Crippen molar-refractivity contribution < 1.29 is 9.13 Å². The van der Waals surface area contributed by atoms with Crippen molar-refractivity contribution in [3.05, 3.63) is 65.2 Å². The van der Waals surface area contributed by atoms with Gasteiger partial charge >= 0.3 is 0 Å². The zero-order valence-corrected chi connectivity index (χ0v) is 21.3. The van der Waals surface area contributed by atoms with Crippen LogP contribution in [0.1, 0.15) is 12.0 Å².